The van der Waals surface area contributed by atoms with Crippen molar-refractivity contribution in [2.45, 2.75) is 33.1 Å². The summed E-state index contributed by atoms with van der Waals surface area (Å²) in [6, 6.07) is 8.18. The Morgan fingerprint density at radius 1 is 1.44 bits per heavy atom. The average Bonchev–Trinajstić information content (AvgIpc) is 2.16. The maximum atomic E-state index is 12.2. The van der Waals surface area contributed by atoms with Crippen LogP contribution < -0.4 is 4.90 Å². The predicted octanol–water partition coefficient (Wildman–Crippen LogP) is 3.15. The molecule has 1 aliphatic carbocycles. The fraction of sp³-hybridized carbons (Fsp3) is 0.500. The van der Waals surface area contributed by atoms with Crippen molar-refractivity contribution in [1.29, 1.82) is 0 Å². The van der Waals surface area contributed by atoms with E-state index in [1.807, 2.05) is 24.0 Å². The fourth-order valence-electron chi connectivity index (χ4n) is 2.14. The van der Waals surface area contributed by atoms with Crippen molar-refractivity contribution in [2.75, 3.05) is 11.4 Å². The van der Waals surface area contributed by atoms with Crippen LogP contribution in [0.5, 0.6) is 0 Å². The third-order valence-electron chi connectivity index (χ3n) is 3.35. The van der Waals surface area contributed by atoms with Crippen molar-refractivity contribution in [3.8, 4) is 0 Å². The Morgan fingerprint density at radius 2 is 2.19 bits per heavy atom. The molecule has 0 unspecified atom stereocenters. The number of amides is 1. The van der Waals surface area contributed by atoms with Crippen LogP contribution in [0, 0.1) is 12.8 Å². The molecule has 0 aliphatic heterocycles. The third-order valence-corrected chi connectivity index (χ3v) is 3.35. The van der Waals surface area contributed by atoms with E-state index in [4.69, 9.17) is 0 Å². The second-order valence-electron chi connectivity index (χ2n) is 4.55. The molecule has 0 spiro atoms. The van der Waals surface area contributed by atoms with Gasteiger partial charge in [0, 0.05) is 18.2 Å². The number of hydrogen-bond acceptors (Lipinski definition) is 1. The highest BCUT2D eigenvalue weighted by atomic mass is 16.2. The zero-order valence-corrected chi connectivity index (χ0v) is 10.1. The van der Waals surface area contributed by atoms with Gasteiger partial charge in [-0.3, -0.25) is 4.79 Å². The molecule has 0 heterocycles. The number of hydrogen-bond donors (Lipinski definition) is 0. The topological polar surface area (TPSA) is 20.3 Å². The van der Waals surface area contributed by atoms with E-state index in [-0.39, 0.29) is 5.92 Å². The highest BCUT2D eigenvalue weighted by molar-refractivity contribution is 5.95. The zero-order valence-electron chi connectivity index (χ0n) is 10.1. The van der Waals surface area contributed by atoms with Gasteiger partial charge in [0.2, 0.25) is 5.91 Å². The lowest BCUT2D eigenvalue weighted by Gasteiger charge is -2.31. The van der Waals surface area contributed by atoms with Gasteiger partial charge in [-0.25, -0.2) is 0 Å². The van der Waals surface area contributed by atoms with Gasteiger partial charge in [0.15, 0.2) is 0 Å². The lowest BCUT2D eigenvalue weighted by molar-refractivity contribution is -0.124. The minimum absolute atomic E-state index is 0.278. The first-order valence-electron chi connectivity index (χ1n) is 6.10. The van der Waals surface area contributed by atoms with Crippen molar-refractivity contribution in [3.63, 3.8) is 0 Å². The molecular formula is C14H19NO. The molecule has 1 aliphatic rings. The van der Waals surface area contributed by atoms with E-state index in [0.29, 0.717) is 5.91 Å². The summed E-state index contributed by atoms with van der Waals surface area (Å²) in [5.41, 5.74) is 2.25. The largest absolute Gasteiger partial charge is 0.312 e. The summed E-state index contributed by atoms with van der Waals surface area (Å²) in [5, 5.41) is 0. The van der Waals surface area contributed by atoms with Crippen LogP contribution in [-0.2, 0) is 4.79 Å². The summed E-state index contributed by atoms with van der Waals surface area (Å²) in [7, 11) is 0. The number of carbonyl (C=O) groups excluding carboxylic acids is 1. The maximum Gasteiger partial charge on any atom is 0.230 e. The van der Waals surface area contributed by atoms with Crippen LogP contribution in [0.2, 0.25) is 0 Å². The molecule has 1 saturated carbocycles. The number of anilines is 1. The number of rotatable bonds is 3. The highest BCUT2D eigenvalue weighted by Crippen LogP contribution is 2.30. The second-order valence-corrected chi connectivity index (χ2v) is 4.55. The highest BCUT2D eigenvalue weighted by Gasteiger charge is 2.29. The van der Waals surface area contributed by atoms with Crippen molar-refractivity contribution in [3.05, 3.63) is 29.8 Å². The Hall–Kier alpha value is -1.31. The number of nitrogens with zero attached hydrogens (tertiary/aromatic N) is 1. The molecule has 0 N–H and O–H groups in total. The van der Waals surface area contributed by atoms with Crippen LogP contribution >= 0.6 is 0 Å². The molecule has 1 aromatic carbocycles. The fourth-order valence-corrected chi connectivity index (χ4v) is 2.14. The van der Waals surface area contributed by atoms with Gasteiger partial charge in [0.25, 0.3) is 0 Å². The van der Waals surface area contributed by atoms with E-state index in [1.54, 1.807) is 0 Å². The Labute approximate surface area is 97.3 Å². The van der Waals surface area contributed by atoms with Crippen LogP contribution in [0.1, 0.15) is 31.7 Å². The molecule has 0 atom stereocenters. The van der Waals surface area contributed by atoms with Crippen molar-refractivity contribution in [2.24, 2.45) is 5.92 Å². The van der Waals surface area contributed by atoms with Gasteiger partial charge >= 0.3 is 0 Å². The minimum atomic E-state index is 0.278. The van der Waals surface area contributed by atoms with Gasteiger partial charge in [0.05, 0.1) is 0 Å². The Bertz CT molecular complexity index is 382. The third kappa shape index (κ3) is 2.11. The van der Waals surface area contributed by atoms with E-state index in [9.17, 15) is 4.79 Å². The summed E-state index contributed by atoms with van der Waals surface area (Å²) in [5.74, 6) is 0.583. The maximum absolute atomic E-state index is 12.2. The van der Waals surface area contributed by atoms with Crippen LogP contribution in [0.4, 0.5) is 5.69 Å². The van der Waals surface area contributed by atoms with Crippen molar-refractivity contribution in [1.82, 2.24) is 0 Å². The molecule has 2 rings (SSSR count). The van der Waals surface area contributed by atoms with E-state index in [2.05, 4.69) is 19.1 Å². The monoisotopic (exact) mass is 217 g/mol. The second kappa shape index (κ2) is 4.69. The summed E-state index contributed by atoms with van der Waals surface area (Å²) in [6.45, 7) is 4.86. The quantitative estimate of drug-likeness (QED) is 0.761. The first-order chi connectivity index (χ1) is 7.72. The molecule has 1 fully saturated rings. The van der Waals surface area contributed by atoms with Gasteiger partial charge < -0.3 is 4.90 Å². The predicted molar refractivity (Wildman–Crippen MR) is 66.5 cm³/mol. The zero-order chi connectivity index (χ0) is 11.5. The summed E-state index contributed by atoms with van der Waals surface area (Å²) in [6.07, 6.45) is 3.35. The van der Waals surface area contributed by atoms with Crippen LogP contribution in [0.15, 0.2) is 24.3 Å². The Balaban J connectivity index is 2.18. The molecular weight excluding hydrogens is 198 g/mol. The molecule has 86 valence electrons. The molecule has 1 aromatic rings. The van der Waals surface area contributed by atoms with E-state index >= 15 is 0 Å². The van der Waals surface area contributed by atoms with E-state index < -0.39 is 0 Å². The standard InChI is InChI=1S/C14H19NO/c1-3-15(14(16)12-7-5-8-12)13-9-4-6-11(2)10-13/h4,6,9-10,12H,3,5,7-8H2,1-2H3. The molecule has 1 amide bonds. The van der Waals surface area contributed by atoms with Gasteiger partial charge in [-0.15, -0.1) is 0 Å². The van der Waals surface area contributed by atoms with Crippen molar-refractivity contribution >= 4 is 11.6 Å². The molecule has 16 heavy (non-hydrogen) atoms. The number of carbonyl (C=O) groups is 1. The first kappa shape index (κ1) is 11.2. The lowest BCUT2D eigenvalue weighted by Crippen LogP contribution is -2.38. The number of aryl methyl sites for hydroxylation is 1. The van der Waals surface area contributed by atoms with Gasteiger partial charge in [-0.05, 0) is 44.4 Å². The van der Waals surface area contributed by atoms with Gasteiger partial charge in [-0.2, -0.15) is 0 Å². The van der Waals surface area contributed by atoms with E-state index in [0.717, 1.165) is 25.1 Å². The summed E-state index contributed by atoms with van der Waals surface area (Å²) in [4.78, 5) is 14.1. The average molecular weight is 217 g/mol. The Kier molecular flexibility index (Phi) is 3.28. The lowest BCUT2D eigenvalue weighted by atomic mass is 9.84. The molecule has 0 bridgehead atoms. The molecule has 2 heteroatoms. The minimum Gasteiger partial charge on any atom is -0.312 e. The Morgan fingerprint density at radius 3 is 2.69 bits per heavy atom. The summed E-state index contributed by atoms with van der Waals surface area (Å²) < 4.78 is 0. The smallest absolute Gasteiger partial charge is 0.230 e. The summed E-state index contributed by atoms with van der Waals surface area (Å²) >= 11 is 0. The molecule has 0 radical (unpaired) electrons. The molecule has 0 aromatic heterocycles. The van der Waals surface area contributed by atoms with Crippen LogP contribution in [0.3, 0.4) is 0 Å². The molecule has 2 nitrogen and oxygen atoms in total. The molecule has 0 saturated heterocycles. The van der Waals surface area contributed by atoms with Crippen LogP contribution in [0.25, 0.3) is 0 Å². The normalized spacial score (nSPS) is 15.6. The SMILES string of the molecule is CCN(C(=O)C1CCC1)c1cccc(C)c1. The van der Waals surface area contributed by atoms with Crippen LogP contribution in [-0.4, -0.2) is 12.5 Å². The van der Waals surface area contributed by atoms with Gasteiger partial charge in [0.1, 0.15) is 0 Å². The van der Waals surface area contributed by atoms with Gasteiger partial charge in [-0.1, -0.05) is 18.6 Å². The first-order valence-corrected chi connectivity index (χ1v) is 6.10. The van der Waals surface area contributed by atoms with Crippen molar-refractivity contribution < 1.29 is 4.79 Å². The number of benzene rings is 1. The van der Waals surface area contributed by atoms with E-state index in [1.165, 1.54) is 12.0 Å².